The summed E-state index contributed by atoms with van der Waals surface area (Å²) in [6.45, 7) is 0. The highest BCUT2D eigenvalue weighted by Gasteiger charge is 2.02. The second-order valence-corrected chi connectivity index (χ2v) is 2.40. The number of hydrogen-bond donors (Lipinski definition) is 1. The molecule has 0 aliphatic heterocycles. The smallest absolute Gasteiger partial charge is 0.141 e. The largest absolute Gasteiger partial charge is 0.318 e. The van der Waals surface area contributed by atoms with Crippen molar-refractivity contribution < 1.29 is 4.79 Å². The van der Waals surface area contributed by atoms with Gasteiger partial charge in [0.25, 0.3) is 0 Å². The molecule has 0 radical (unpaired) electrons. The predicted molar refractivity (Wildman–Crippen MR) is 44.1 cm³/mol. The minimum absolute atomic E-state index is 0.567. The van der Waals surface area contributed by atoms with Crippen molar-refractivity contribution in [2.75, 3.05) is 0 Å². The molecule has 12 heavy (non-hydrogen) atoms. The molecule has 0 aliphatic carbocycles. The van der Waals surface area contributed by atoms with Gasteiger partial charge in [-0.05, 0) is 17.7 Å². The van der Waals surface area contributed by atoms with E-state index in [1.165, 1.54) is 0 Å². The quantitative estimate of drug-likeness (QED) is 0.649. The molecule has 0 amide bonds. The van der Waals surface area contributed by atoms with E-state index in [4.69, 9.17) is 11.0 Å². The highest BCUT2D eigenvalue weighted by Crippen LogP contribution is 2.08. The standard InChI is InChI=1S/C9H8N2O/c10-5-7-1-3-8(4-2-7)9(11)6-12/h1-4,6,9H,11H2. The molecule has 1 atom stereocenters. The molecule has 0 aromatic heterocycles. The molecular weight excluding hydrogens is 152 g/mol. The van der Waals surface area contributed by atoms with Crippen LogP contribution in [0.1, 0.15) is 17.2 Å². The summed E-state index contributed by atoms with van der Waals surface area (Å²) in [5.41, 5.74) is 6.73. The van der Waals surface area contributed by atoms with E-state index in [0.717, 1.165) is 5.56 Å². The Morgan fingerprint density at radius 2 is 2.00 bits per heavy atom. The summed E-state index contributed by atoms with van der Waals surface area (Å²) in [5.74, 6) is 0. The minimum Gasteiger partial charge on any atom is -0.318 e. The third kappa shape index (κ3) is 1.68. The molecule has 1 aromatic rings. The summed E-state index contributed by atoms with van der Waals surface area (Å²) < 4.78 is 0. The number of carbonyl (C=O) groups is 1. The lowest BCUT2D eigenvalue weighted by Crippen LogP contribution is -2.10. The van der Waals surface area contributed by atoms with Gasteiger partial charge in [0.05, 0.1) is 17.7 Å². The number of nitrogens with zero attached hydrogens (tertiary/aromatic N) is 1. The molecule has 0 saturated heterocycles. The van der Waals surface area contributed by atoms with E-state index in [0.29, 0.717) is 11.8 Å². The molecule has 1 unspecified atom stereocenters. The maximum Gasteiger partial charge on any atom is 0.141 e. The average molecular weight is 160 g/mol. The van der Waals surface area contributed by atoms with Crippen LogP contribution >= 0.6 is 0 Å². The Bertz CT molecular complexity index is 310. The Hall–Kier alpha value is -1.66. The van der Waals surface area contributed by atoms with Gasteiger partial charge in [0.2, 0.25) is 0 Å². The lowest BCUT2D eigenvalue weighted by molar-refractivity contribution is -0.109. The summed E-state index contributed by atoms with van der Waals surface area (Å²) in [5, 5.41) is 8.47. The van der Waals surface area contributed by atoms with Crippen LogP contribution in [0.15, 0.2) is 24.3 Å². The fourth-order valence-electron chi connectivity index (χ4n) is 0.858. The van der Waals surface area contributed by atoms with Crippen LogP contribution in [-0.4, -0.2) is 6.29 Å². The Labute approximate surface area is 70.4 Å². The monoisotopic (exact) mass is 160 g/mol. The molecule has 3 heteroatoms. The van der Waals surface area contributed by atoms with E-state index in [2.05, 4.69) is 0 Å². The van der Waals surface area contributed by atoms with Crippen LogP contribution in [0.3, 0.4) is 0 Å². The van der Waals surface area contributed by atoms with Crippen molar-refractivity contribution in [1.29, 1.82) is 5.26 Å². The van der Waals surface area contributed by atoms with Crippen molar-refractivity contribution in [2.45, 2.75) is 6.04 Å². The maximum atomic E-state index is 10.3. The molecule has 60 valence electrons. The zero-order chi connectivity index (χ0) is 8.97. The first-order valence-corrected chi connectivity index (χ1v) is 3.49. The van der Waals surface area contributed by atoms with Gasteiger partial charge in [-0.25, -0.2) is 0 Å². The van der Waals surface area contributed by atoms with E-state index < -0.39 is 6.04 Å². The van der Waals surface area contributed by atoms with E-state index >= 15 is 0 Å². The van der Waals surface area contributed by atoms with Crippen molar-refractivity contribution in [3.8, 4) is 6.07 Å². The van der Waals surface area contributed by atoms with Gasteiger partial charge in [-0.1, -0.05) is 12.1 Å². The zero-order valence-corrected chi connectivity index (χ0v) is 6.40. The molecule has 0 bridgehead atoms. The van der Waals surface area contributed by atoms with Crippen molar-refractivity contribution in [2.24, 2.45) is 5.73 Å². The Morgan fingerprint density at radius 1 is 1.42 bits per heavy atom. The van der Waals surface area contributed by atoms with Gasteiger partial charge in [0, 0.05) is 0 Å². The van der Waals surface area contributed by atoms with E-state index in [1.54, 1.807) is 24.3 Å². The number of nitrogens with two attached hydrogens (primary N) is 1. The average Bonchev–Trinajstić information content (AvgIpc) is 2.17. The zero-order valence-electron chi connectivity index (χ0n) is 6.40. The topological polar surface area (TPSA) is 66.9 Å². The van der Waals surface area contributed by atoms with Gasteiger partial charge in [-0.3, -0.25) is 0 Å². The number of carbonyl (C=O) groups excluding carboxylic acids is 1. The number of rotatable bonds is 2. The fourth-order valence-corrected chi connectivity index (χ4v) is 0.858. The number of aldehydes is 1. The SMILES string of the molecule is N#Cc1ccc(C(N)C=O)cc1. The van der Waals surface area contributed by atoms with Gasteiger partial charge < -0.3 is 10.5 Å². The summed E-state index contributed by atoms with van der Waals surface area (Å²) in [6, 6.07) is 8.03. The number of benzene rings is 1. The van der Waals surface area contributed by atoms with Crippen LogP contribution in [0.5, 0.6) is 0 Å². The Balaban J connectivity index is 2.93. The molecule has 3 nitrogen and oxygen atoms in total. The highest BCUT2D eigenvalue weighted by molar-refractivity contribution is 5.61. The first-order valence-electron chi connectivity index (χ1n) is 3.49. The first-order chi connectivity index (χ1) is 5.77. The molecule has 0 aliphatic rings. The first kappa shape index (κ1) is 8.44. The second-order valence-electron chi connectivity index (χ2n) is 2.40. The Kier molecular flexibility index (Phi) is 2.57. The molecule has 1 aromatic carbocycles. The summed E-state index contributed by atoms with van der Waals surface area (Å²) in [6.07, 6.45) is 0.668. The lowest BCUT2D eigenvalue weighted by atomic mass is 10.1. The van der Waals surface area contributed by atoms with Crippen LogP contribution in [-0.2, 0) is 4.79 Å². The Morgan fingerprint density at radius 3 is 2.42 bits per heavy atom. The molecule has 1 rings (SSSR count). The molecule has 2 N–H and O–H groups in total. The lowest BCUT2D eigenvalue weighted by Gasteiger charge is -2.02. The van der Waals surface area contributed by atoms with Crippen LogP contribution in [0.2, 0.25) is 0 Å². The predicted octanol–water partition coefficient (Wildman–Crippen LogP) is 0.757. The molecular formula is C9H8N2O. The highest BCUT2D eigenvalue weighted by atomic mass is 16.1. The van der Waals surface area contributed by atoms with Crippen LogP contribution < -0.4 is 5.73 Å². The maximum absolute atomic E-state index is 10.3. The third-order valence-corrected chi connectivity index (χ3v) is 1.57. The van der Waals surface area contributed by atoms with E-state index in [9.17, 15) is 4.79 Å². The fraction of sp³-hybridized carbons (Fsp3) is 0.111. The second kappa shape index (κ2) is 3.65. The number of hydrogen-bond acceptors (Lipinski definition) is 3. The van der Waals surface area contributed by atoms with E-state index in [1.807, 2.05) is 6.07 Å². The molecule has 0 spiro atoms. The van der Waals surface area contributed by atoms with Crippen molar-refractivity contribution in [3.63, 3.8) is 0 Å². The van der Waals surface area contributed by atoms with Gasteiger partial charge in [0.15, 0.2) is 0 Å². The molecule has 0 saturated carbocycles. The van der Waals surface area contributed by atoms with Crippen LogP contribution in [0.4, 0.5) is 0 Å². The van der Waals surface area contributed by atoms with Crippen molar-refractivity contribution >= 4 is 6.29 Å². The summed E-state index contributed by atoms with van der Waals surface area (Å²) in [7, 11) is 0. The van der Waals surface area contributed by atoms with E-state index in [-0.39, 0.29) is 0 Å². The van der Waals surface area contributed by atoms with Gasteiger partial charge >= 0.3 is 0 Å². The number of nitriles is 1. The molecule has 0 heterocycles. The third-order valence-electron chi connectivity index (χ3n) is 1.57. The normalized spacial score (nSPS) is 11.7. The summed E-state index contributed by atoms with van der Waals surface area (Å²) in [4.78, 5) is 10.3. The van der Waals surface area contributed by atoms with Crippen LogP contribution in [0.25, 0.3) is 0 Å². The van der Waals surface area contributed by atoms with Gasteiger partial charge in [-0.2, -0.15) is 5.26 Å². The van der Waals surface area contributed by atoms with Crippen molar-refractivity contribution in [3.05, 3.63) is 35.4 Å². The molecule has 0 fully saturated rings. The van der Waals surface area contributed by atoms with Crippen LogP contribution in [0, 0.1) is 11.3 Å². The van der Waals surface area contributed by atoms with Crippen molar-refractivity contribution in [1.82, 2.24) is 0 Å². The van der Waals surface area contributed by atoms with Gasteiger partial charge in [-0.15, -0.1) is 0 Å². The minimum atomic E-state index is -0.585. The van der Waals surface area contributed by atoms with Gasteiger partial charge in [0.1, 0.15) is 6.29 Å². The summed E-state index contributed by atoms with van der Waals surface area (Å²) >= 11 is 0.